The summed E-state index contributed by atoms with van der Waals surface area (Å²) in [5.74, 6) is -0.522. The maximum atomic E-state index is 13.0. The summed E-state index contributed by atoms with van der Waals surface area (Å²) in [6.07, 6.45) is -4.84. The Morgan fingerprint density at radius 1 is 1.04 bits per heavy atom. The van der Waals surface area contributed by atoms with E-state index in [9.17, 15) is 27.6 Å². The fourth-order valence-corrected chi connectivity index (χ4v) is 6.16. The Hall–Kier alpha value is -4.82. The van der Waals surface area contributed by atoms with E-state index in [0.717, 1.165) is 23.3 Å². The Morgan fingerprint density at radius 2 is 1.75 bits per heavy atom. The molecule has 3 aromatic carbocycles. The first-order valence-corrected chi connectivity index (χ1v) is 15.9. The largest absolute Gasteiger partial charge is 0.573 e. The van der Waals surface area contributed by atoms with Crippen molar-refractivity contribution in [3.05, 3.63) is 87.9 Å². The van der Waals surface area contributed by atoms with E-state index in [1.54, 1.807) is 32.2 Å². The Kier molecular flexibility index (Phi) is 9.87. The number of carbonyl (C=O) groups excluding carboxylic acids is 3. The number of thioether (sulfide) groups is 1. The summed E-state index contributed by atoms with van der Waals surface area (Å²) < 4.78 is 42.7. The molecule has 1 aromatic heterocycles. The number of aryl methyl sites for hydroxylation is 2. The van der Waals surface area contributed by atoms with Crippen LogP contribution < -0.4 is 20.3 Å². The predicted octanol–water partition coefficient (Wildman–Crippen LogP) is 8.30. The van der Waals surface area contributed by atoms with Gasteiger partial charge in [0.15, 0.2) is 5.17 Å². The van der Waals surface area contributed by atoms with Crippen molar-refractivity contribution in [2.45, 2.75) is 40.0 Å². The van der Waals surface area contributed by atoms with Crippen molar-refractivity contribution in [3.8, 4) is 17.0 Å². The normalized spacial score (nSPS) is 14.2. The van der Waals surface area contributed by atoms with E-state index in [2.05, 4.69) is 25.5 Å². The van der Waals surface area contributed by atoms with E-state index in [0.29, 0.717) is 28.3 Å². The lowest BCUT2D eigenvalue weighted by Gasteiger charge is -2.22. The second-order valence-electron chi connectivity index (χ2n) is 11.2. The zero-order valence-corrected chi connectivity index (χ0v) is 28.0. The van der Waals surface area contributed by atoms with Crippen molar-refractivity contribution in [2.24, 2.45) is 12.0 Å². The average molecular weight is 699 g/mol. The lowest BCUT2D eigenvalue weighted by Crippen LogP contribution is -2.31. The van der Waals surface area contributed by atoms with Gasteiger partial charge >= 0.3 is 12.4 Å². The van der Waals surface area contributed by atoms with Crippen LogP contribution in [0.1, 0.15) is 46.8 Å². The number of nitrogens with zero attached hydrogens (tertiary/aromatic N) is 4. The summed E-state index contributed by atoms with van der Waals surface area (Å²) >= 11 is 7.74. The predicted molar refractivity (Wildman–Crippen MR) is 181 cm³/mol. The molecule has 48 heavy (non-hydrogen) atoms. The van der Waals surface area contributed by atoms with E-state index < -0.39 is 24.1 Å². The Morgan fingerprint density at radius 3 is 2.40 bits per heavy atom. The highest BCUT2D eigenvalue weighted by atomic mass is 35.5. The summed E-state index contributed by atoms with van der Waals surface area (Å²) in [5.41, 5.74) is 4.72. The number of nitrogens with one attached hydrogen (secondary N) is 2. The average Bonchev–Trinajstić information content (AvgIpc) is 3.50. The number of rotatable bonds is 7. The zero-order chi connectivity index (χ0) is 34.9. The number of ether oxygens (including phenoxy) is 1. The first-order chi connectivity index (χ1) is 22.6. The molecule has 0 spiro atoms. The van der Waals surface area contributed by atoms with Crippen LogP contribution in [0.2, 0.25) is 5.02 Å². The molecule has 4 aromatic rings. The van der Waals surface area contributed by atoms with Crippen LogP contribution in [-0.2, 0) is 11.8 Å². The van der Waals surface area contributed by atoms with Crippen LogP contribution in [0.25, 0.3) is 11.3 Å². The summed E-state index contributed by atoms with van der Waals surface area (Å²) in [6, 6.07) is 14.6. The zero-order valence-electron chi connectivity index (χ0n) is 26.4. The van der Waals surface area contributed by atoms with Crippen molar-refractivity contribution in [1.82, 2.24) is 9.78 Å². The minimum absolute atomic E-state index is 0.112. The van der Waals surface area contributed by atoms with Crippen LogP contribution in [0.4, 0.5) is 35.2 Å². The monoisotopic (exact) mass is 698 g/mol. The molecule has 0 unspecified atom stereocenters. The number of aromatic nitrogens is 2. The van der Waals surface area contributed by atoms with E-state index in [4.69, 9.17) is 11.6 Å². The number of urea groups is 1. The quantitative estimate of drug-likeness (QED) is 0.201. The molecule has 1 saturated heterocycles. The third-order valence-corrected chi connectivity index (χ3v) is 8.60. The van der Waals surface area contributed by atoms with Gasteiger partial charge in [-0.3, -0.25) is 19.2 Å². The van der Waals surface area contributed by atoms with Crippen molar-refractivity contribution < 1.29 is 32.3 Å². The topological polar surface area (TPSA) is 118 Å². The van der Waals surface area contributed by atoms with Gasteiger partial charge in [0.1, 0.15) is 11.6 Å². The molecule has 1 aliphatic heterocycles. The molecule has 10 nitrogen and oxygen atoms in total. The summed E-state index contributed by atoms with van der Waals surface area (Å²) in [4.78, 5) is 44.4. The van der Waals surface area contributed by atoms with Crippen LogP contribution >= 0.6 is 23.4 Å². The maximum absolute atomic E-state index is 13.0. The number of anilines is 3. The van der Waals surface area contributed by atoms with Crippen molar-refractivity contribution in [2.75, 3.05) is 21.3 Å². The molecule has 15 heteroatoms. The van der Waals surface area contributed by atoms with Gasteiger partial charge < -0.3 is 15.4 Å². The third kappa shape index (κ3) is 7.66. The molecule has 1 aliphatic rings. The highest BCUT2D eigenvalue weighted by Gasteiger charge is 2.33. The summed E-state index contributed by atoms with van der Waals surface area (Å²) in [6.45, 7) is 7.73. The highest BCUT2D eigenvalue weighted by molar-refractivity contribution is 8.15. The molecule has 5 rings (SSSR count). The highest BCUT2D eigenvalue weighted by Crippen LogP contribution is 2.35. The van der Waals surface area contributed by atoms with E-state index in [1.165, 1.54) is 33.5 Å². The van der Waals surface area contributed by atoms with Gasteiger partial charge in [-0.25, -0.2) is 4.79 Å². The number of hydrogen-bond acceptors (Lipinski definition) is 6. The van der Waals surface area contributed by atoms with Crippen LogP contribution in [0.15, 0.2) is 65.7 Å². The van der Waals surface area contributed by atoms with E-state index >= 15 is 0 Å². The number of halogens is 4. The molecule has 0 aliphatic carbocycles. The number of benzene rings is 3. The van der Waals surface area contributed by atoms with Gasteiger partial charge in [-0.15, -0.1) is 13.2 Å². The maximum Gasteiger partial charge on any atom is 0.573 e. The second-order valence-corrected chi connectivity index (χ2v) is 12.6. The third-order valence-electron chi connectivity index (χ3n) is 7.36. The van der Waals surface area contributed by atoms with Crippen LogP contribution in [-0.4, -0.2) is 44.9 Å². The van der Waals surface area contributed by atoms with Crippen LogP contribution in [0.3, 0.4) is 0 Å². The molecule has 0 radical (unpaired) electrons. The molecule has 250 valence electrons. The molecule has 0 bridgehead atoms. The number of hydrogen-bond donors (Lipinski definition) is 2. The fraction of sp³-hybridized carbons (Fsp3) is 0.242. The van der Waals surface area contributed by atoms with Crippen LogP contribution in [0.5, 0.6) is 5.75 Å². The lowest BCUT2D eigenvalue weighted by atomic mass is 9.99. The Balaban J connectivity index is 1.31. The van der Waals surface area contributed by atoms with Crippen LogP contribution in [0, 0.1) is 13.8 Å². The number of amides is 4. The van der Waals surface area contributed by atoms with Gasteiger partial charge in [0.05, 0.1) is 27.8 Å². The van der Waals surface area contributed by atoms with Gasteiger partial charge in [0.25, 0.3) is 5.91 Å². The minimum atomic E-state index is -4.84. The molecule has 2 N–H and O–H groups in total. The SMILES string of the molecule is Cc1ccc(C(C)C)c(N2C(=O)CSC2=NC(=O)Nc2ccc(-c3nn(C)c(NC(=O)c4ccc(OC(F)(F)F)cc4)c3C)cc2Cl)c1. The molecule has 1 fully saturated rings. The molecule has 4 amide bonds. The second kappa shape index (κ2) is 13.7. The first-order valence-electron chi connectivity index (χ1n) is 14.6. The number of alkyl halides is 3. The van der Waals surface area contributed by atoms with E-state index in [1.807, 2.05) is 39.0 Å². The van der Waals surface area contributed by atoms with Gasteiger partial charge in [-0.1, -0.05) is 55.4 Å². The molecular weight excluding hydrogens is 669 g/mol. The fourth-order valence-electron chi connectivity index (χ4n) is 5.08. The standard InChI is InChI=1S/C33H30ClF3N6O4S/c1-17(2)23-12-6-18(3)14-26(23)43-27(44)16-48-32(43)40-31(46)38-25-13-9-21(15-24(25)34)28-19(4)29(42(5)41-28)39-30(45)20-7-10-22(11-8-20)47-33(35,36)37/h6-15,17H,16H2,1-5H3,(H,38,46)(H,39,45). The smallest absolute Gasteiger partial charge is 0.406 e. The van der Waals surface area contributed by atoms with Gasteiger partial charge in [0.2, 0.25) is 5.91 Å². The Bertz CT molecular complexity index is 1940. The molecule has 0 atom stereocenters. The van der Waals surface area contributed by atoms with Crippen molar-refractivity contribution in [1.29, 1.82) is 0 Å². The van der Waals surface area contributed by atoms with E-state index in [-0.39, 0.29) is 39.0 Å². The Labute approximate surface area is 283 Å². The summed E-state index contributed by atoms with van der Waals surface area (Å²) in [5, 5.41) is 10.4. The molecular formula is C33H30ClF3N6O4S. The lowest BCUT2D eigenvalue weighted by molar-refractivity contribution is -0.274. The number of aliphatic imine (C=N–C) groups is 1. The van der Waals surface area contributed by atoms with Gasteiger partial charge in [-0.2, -0.15) is 10.1 Å². The minimum Gasteiger partial charge on any atom is -0.406 e. The van der Waals surface area contributed by atoms with Gasteiger partial charge in [-0.05, 0) is 73.4 Å². The number of amidine groups is 1. The molecule has 0 saturated carbocycles. The molecule has 2 heterocycles. The van der Waals surface area contributed by atoms with Crippen molar-refractivity contribution in [3.63, 3.8) is 0 Å². The number of carbonyl (C=O) groups is 3. The van der Waals surface area contributed by atoms with Crippen molar-refractivity contribution >= 4 is 63.6 Å². The van der Waals surface area contributed by atoms with Gasteiger partial charge in [0, 0.05) is 23.7 Å². The summed E-state index contributed by atoms with van der Waals surface area (Å²) in [7, 11) is 1.62. The first kappa shape index (κ1) is 34.5.